The minimum Gasteiger partial charge on any atom is -0.495 e. The van der Waals surface area contributed by atoms with Crippen LogP contribution in [0.25, 0.3) is 0 Å². The van der Waals surface area contributed by atoms with Crippen molar-refractivity contribution in [3.05, 3.63) is 47.9 Å². The van der Waals surface area contributed by atoms with Gasteiger partial charge in [-0.1, -0.05) is 12.1 Å². The van der Waals surface area contributed by atoms with E-state index in [4.69, 9.17) is 13.9 Å². The molecule has 1 N–H and O–H groups in total. The van der Waals surface area contributed by atoms with Crippen molar-refractivity contribution >= 4 is 16.7 Å². The maximum Gasteiger partial charge on any atom is 0.287 e. The largest absolute Gasteiger partial charge is 0.495 e. The lowest BCUT2D eigenvalue weighted by Crippen LogP contribution is -2.26. The van der Waals surface area contributed by atoms with Gasteiger partial charge in [0.05, 0.1) is 35.2 Å². The Morgan fingerprint density at radius 3 is 2.74 bits per heavy atom. The topological polar surface area (TPSA) is 77.8 Å². The highest BCUT2D eigenvalue weighted by Crippen LogP contribution is 2.23. The van der Waals surface area contributed by atoms with Gasteiger partial charge in [0.2, 0.25) is 0 Å². The maximum atomic E-state index is 12.4. The van der Waals surface area contributed by atoms with Crippen molar-refractivity contribution in [2.75, 3.05) is 27.4 Å². The van der Waals surface area contributed by atoms with Gasteiger partial charge in [-0.05, 0) is 24.3 Å². The molecule has 1 atom stereocenters. The van der Waals surface area contributed by atoms with Crippen LogP contribution in [0.3, 0.4) is 0 Å². The van der Waals surface area contributed by atoms with E-state index in [-0.39, 0.29) is 17.4 Å². The molecular weight excluding hydrogens is 318 g/mol. The minimum absolute atomic E-state index is 0.172. The molecule has 0 spiro atoms. The third-order valence-corrected chi connectivity index (χ3v) is 4.44. The van der Waals surface area contributed by atoms with Crippen LogP contribution in [0.15, 0.2) is 45.7 Å². The number of nitrogens with one attached hydrogen (secondary N) is 1. The van der Waals surface area contributed by atoms with Gasteiger partial charge in [0, 0.05) is 13.7 Å². The summed E-state index contributed by atoms with van der Waals surface area (Å²) in [7, 11) is 1.77. The number of benzene rings is 1. The first-order chi connectivity index (χ1) is 11.2. The fraction of sp³-hybridized carbons (Fsp3) is 0.312. The maximum absolute atomic E-state index is 12.4. The predicted molar refractivity (Wildman–Crippen MR) is 86.0 cm³/mol. The van der Waals surface area contributed by atoms with Gasteiger partial charge in [0.15, 0.2) is 5.76 Å². The Labute approximate surface area is 137 Å². The zero-order valence-electron chi connectivity index (χ0n) is 13.0. The quantitative estimate of drug-likeness (QED) is 0.745. The second-order valence-electron chi connectivity index (χ2n) is 4.66. The van der Waals surface area contributed by atoms with Crippen molar-refractivity contribution in [2.45, 2.75) is 10.6 Å². The molecule has 0 fully saturated rings. The molecule has 1 aromatic heterocycles. The number of carbonyl (C=O) groups is 1. The Kier molecular flexibility index (Phi) is 6.37. The van der Waals surface area contributed by atoms with Crippen molar-refractivity contribution in [2.24, 2.45) is 0 Å². The van der Waals surface area contributed by atoms with Gasteiger partial charge in [-0.2, -0.15) is 0 Å². The van der Waals surface area contributed by atoms with Gasteiger partial charge in [-0.15, -0.1) is 0 Å². The highest BCUT2D eigenvalue weighted by atomic mass is 32.2. The third kappa shape index (κ3) is 4.67. The van der Waals surface area contributed by atoms with E-state index >= 15 is 0 Å². The number of furan rings is 1. The molecule has 1 aromatic carbocycles. The zero-order valence-corrected chi connectivity index (χ0v) is 13.9. The number of rotatable bonds is 8. The van der Waals surface area contributed by atoms with Gasteiger partial charge < -0.3 is 19.2 Å². The van der Waals surface area contributed by atoms with Crippen molar-refractivity contribution in [3.63, 3.8) is 0 Å². The first-order valence-corrected chi connectivity index (χ1v) is 8.35. The molecular formula is C16H19NO5S. The molecule has 2 aromatic rings. The van der Waals surface area contributed by atoms with Crippen LogP contribution in [0.2, 0.25) is 0 Å². The van der Waals surface area contributed by atoms with Gasteiger partial charge in [-0.3, -0.25) is 9.00 Å². The monoisotopic (exact) mass is 337 g/mol. The number of hydrogen-bond donors (Lipinski definition) is 1. The SMILES string of the molecule is COCCNC(=O)c1ccc(CS(=O)c2ccccc2OC)o1. The Bertz CT molecular complexity index is 683. The number of ether oxygens (including phenoxy) is 2. The molecule has 6 nitrogen and oxygen atoms in total. The van der Waals surface area contributed by atoms with E-state index in [1.807, 2.05) is 6.07 Å². The van der Waals surface area contributed by atoms with Gasteiger partial charge >= 0.3 is 0 Å². The van der Waals surface area contributed by atoms with Crippen LogP contribution >= 0.6 is 0 Å². The molecule has 0 saturated carbocycles. The first kappa shape index (κ1) is 17.2. The lowest BCUT2D eigenvalue weighted by molar-refractivity contribution is 0.0908. The molecule has 1 amide bonds. The first-order valence-electron chi connectivity index (χ1n) is 7.03. The minimum atomic E-state index is -1.32. The van der Waals surface area contributed by atoms with Crippen molar-refractivity contribution in [1.29, 1.82) is 0 Å². The molecule has 0 aliphatic rings. The Hall–Kier alpha value is -2.12. The van der Waals surface area contributed by atoms with E-state index in [1.54, 1.807) is 37.4 Å². The molecule has 2 rings (SSSR count). The summed E-state index contributed by atoms with van der Waals surface area (Å²) in [5.74, 6) is 1.08. The van der Waals surface area contributed by atoms with E-state index in [0.29, 0.717) is 29.6 Å². The molecule has 0 bridgehead atoms. The van der Waals surface area contributed by atoms with Gasteiger partial charge in [0.1, 0.15) is 11.5 Å². The van der Waals surface area contributed by atoms with Crippen LogP contribution in [0, 0.1) is 0 Å². The van der Waals surface area contributed by atoms with Crippen molar-refractivity contribution in [1.82, 2.24) is 5.32 Å². The van der Waals surface area contributed by atoms with Crippen LogP contribution in [-0.2, 0) is 21.3 Å². The number of amides is 1. The number of hydrogen-bond acceptors (Lipinski definition) is 5. The van der Waals surface area contributed by atoms with E-state index in [1.165, 1.54) is 7.11 Å². The van der Waals surface area contributed by atoms with E-state index < -0.39 is 10.8 Å². The summed E-state index contributed by atoms with van der Waals surface area (Å²) in [4.78, 5) is 12.4. The highest BCUT2D eigenvalue weighted by Gasteiger charge is 2.15. The fourth-order valence-electron chi connectivity index (χ4n) is 1.95. The average Bonchev–Trinajstić information content (AvgIpc) is 3.03. The molecule has 23 heavy (non-hydrogen) atoms. The van der Waals surface area contributed by atoms with Crippen molar-refractivity contribution in [3.8, 4) is 5.75 Å². The summed E-state index contributed by atoms with van der Waals surface area (Å²) >= 11 is 0. The Morgan fingerprint density at radius 2 is 2.00 bits per heavy atom. The summed E-state index contributed by atoms with van der Waals surface area (Å²) in [5.41, 5.74) is 0. The van der Waals surface area contributed by atoms with Crippen LogP contribution in [0.5, 0.6) is 5.75 Å². The molecule has 124 valence electrons. The number of para-hydroxylation sites is 1. The summed E-state index contributed by atoms with van der Waals surface area (Å²) in [6.45, 7) is 0.829. The third-order valence-electron chi connectivity index (χ3n) is 3.06. The molecule has 0 saturated heterocycles. The second-order valence-corrected chi connectivity index (χ2v) is 6.07. The van der Waals surface area contributed by atoms with E-state index in [2.05, 4.69) is 5.32 Å². The fourth-order valence-corrected chi connectivity index (χ4v) is 3.12. The van der Waals surface area contributed by atoms with E-state index in [9.17, 15) is 9.00 Å². The summed E-state index contributed by atoms with van der Waals surface area (Å²) in [5, 5.41) is 2.66. The Morgan fingerprint density at radius 1 is 1.22 bits per heavy atom. The van der Waals surface area contributed by atoms with E-state index in [0.717, 1.165) is 0 Å². The molecule has 1 unspecified atom stereocenters. The summed E-state index contributed by atoms with van der Waals surface area (Å²) < 4.78 is 28.0. The van der Waals surface area contributed by atoms with Gasteiger partial charge in [-0.25, -0.2) is 0 Å². The lowest BCUT2D eigenvalue weighted by atomic mass is 10.3. The Balaban J connectivity index is 2.01. The molecule has 0 aliphatic heterocycles. The van der Waals surface area contributed by atoms with Crippen LogP contribution in [0.4, 0.5) is 0 Å². The number of carbonyl (C=O) groups excluding carboxylic acids is 1. The standard InChI is InChI=1S/C16H19NO5S/c1-20-10-9-17-16(18)14-8-7-12(22-14)11-23(19)15-6-4-3-5-13(15)21-2/h3-8H,9-11H2,1-2H3,(H,17,18). The normalized spacial score (nSPS) is 11.9. The molecule has 1 heterocycles. The van der Waals surface area contributed by atoms with Crippen LogP contribution in [-0.4, -0.2) is 37.5 Å². The predicted octanol–water partition coefficient (Wildman–Crippen LogP) is 1.97. The smallest absolute Gasteiger partial charge is 0.287 e. The highest BCUT2D eigenvalue weighted by molar-refractivity contribution is 7.84. The van der Waals surface area contributed by atoms with Crippen LogP contribution < -0.4 is 10.1 Å². The average molecular weight is 337 g/mol. The van der Waals surface area contributed by atoms with Crippen LogP contribution in [0.1, 0.15) is 16.3 Å². The summed E-state index contributed by atoms with van der Waals surface area (Å²) in [6, 6.07) is 10.3. The zero-order chi connectivity index (χ0) is 16.7. The second kappa shape index (κ2) is 8.50. The molecule has 0 aliphatic carbocycles. The molecule has 7 heteroatoms. The van der Waals surface area contributed by atoms with Gasteiger partial charge in [0.25, 0.3) is 5.91 Å². The number of methoxy groups -OCH3 is 2. The van der Waals surface area contributed by atoms with Crippen molar-refractivity contribution < 1.29 is 22.9 Å². The lowest BCUT2D eigenvalue weighted by Gasteiger charge is -2.06. The summed E-state index contributed by atoms with van der Waals surface area (Å²) in [6.07, 6.45) is 0. The molecule has 0 radical (unpaired) electrons.